The van der Waals surface area contributed by atoms with Gasteiger partial charge in [-0.2, -0.15) is 4.39 Å². The average molecular weight is 452 g/mol. The molecule has 0 spiro atoms. The molecular formula is C18H30FN2O6PS. The lowest BCUT2D eigenvalue weighted by Crippen LogP contribution is -2.42. The van der Waals surface area contributed by atoms with Crippen LogP contribution in [0, 0.1) is 5.82 Å². The van der Waals surface area contributed by atoms with E-state index in [1.807, 2.05) is 0 Å². The van der Waals surface area contributed by atoms with Gasteiger partial charge in [-0.3, -0.25) is 13.9 Å². The van der Waals surface area contributed by atoms with Crippen molar-refractivity contribution < 1.29 is 23.3 Å². The quantitative estimate of drug-likeness (QED) is 0.385. The zero-order chi connectivity index (χ0) is 21.4. The van der Waals surface area contributed by atoms with E-state index in [1.54, 1.807) is 13.8 Å². The Kier molecular flexibility index (Phi) is 9.65. The molecule has 1 fully saturated rings. The first-order valence-corrected chi connectivity index (χ1v) is 12.7. The summed E-state index contributed by atoms with van der Waals surface area (Å²) in [5.74, 6) is -1.84. The third-order valence-electron chi connectivity index (χ3n) is 4.70. The van der Waals surface area contributed by atoms with Crippen molar-refractivity contribution in [3.63, 3.8) is 0 Å². The average Bonchev–Trinajstić information content (AvgIpc) is 3.21. The van der Waals surface area contributed by atoms with Crippen LogP contribution in [0.1, 0.15) is 58.6 Å². The predicted octanol–water partition coefficient (Wildman–Crippen LogP) is 2.72. The van der Waals surface area contributed by atoms with Crippen LogP contribution in [0.25, 0.3) is 0 Å². The van der Waals surface area contributed by atoms with Crippen molar-refractivity contribution in [2.24, 2.45) is 0 Å². The van der Waals surface area contributed by atoms with E-state index >= 15 is 0 Å². The second kappa shape index (κ2) is 11.5. The molecule has 2 heterocycles. The van der Waals surface area contributed by atoms with Gasteiger partial charge in [0.15, 0.2) is 0 Å². The van der Waals surface area contributed by atoms with Crippen LogP contribution in [0.3, 0.4) is 0 Å². The maximum absolute atomic E-state index is 14.0. The second-order valence-electron chi connectivity index (χ2n) is 6.80. The number of hydrogen-bond acceptors (Lipinski definition) is 7. The first-order chi connectivity index (χ1) is 13.8. The van der Waals surface area contributed by atoms with Crippen molar-refractivity contribution >= 4 is 18.3 Å². The van der Waals surface area contributed by atoms with Gasteiger partial charge in [-0.25, -0.2) is 4.79 Å². The molecule has 0 aliphatic carbocycles. The number of hydrogen-bond donors (Lipinski definition) is 1. The Balaban J connectivity index is 1.93. The van der Waals surface area contributed by atoms with Crippen molar-refractivity contribution in [2.75, 3.05) is 19.8 Å². The fourth-order valence-electron chi connectivity index (χ4n) is 3.27. The van der Waals surface area contributed by atoms with Crippen LogP contribution in [0.2, 0.25) is 0 Å². The van der Waals surface area contributed by atoms with Crippen molar-refractivity contribution in [1.82, 2.24) is 9.13 Å². The highest BCUT2D eigenvalue weighted by atomic mass is 32.5. The number of nitrogens with zero attached hydrogens (tertiary/aromatic N) is 2. The van der Waals surface area contributed by atoms with Crippen LogP contribution in [0.4, 0.5) is 4.39 Å². The van der Waals surface area contributed by atoms with Gasteiger partial charge in [-0.15, -0.1) is 0 Å². The molecule has 166 valence electrons. The van der Waals surface area contributed by atoms with Crippen molar-refractivity contribution in [1.29, 1.82) is 0 Å². The summed E-state index contributed by atoms with van der Waals surface area (Å²) in [5.41, 5.74) is -1.49. The van der Waals surface area contributed by atoms with Crippen LogP contribution in [-0.4, -0.2) is 39.9 Å². The fourth-order valence-corrected chi connectivity index (χ4v) is 5.86. The highest BCUT2D eigenvalue weighted by Crippen LogP contribution is 2.53. The van der Waals surface area contributed by atoms with E-state index in [0.29, 0.717) is 51.9 Å². The highest BCUT2D eigenvalue weighted by Gasteiger charge is 2.28. The standard InChI is InChI=1S/C18H30FN2O6PS/c1-3-26-28(29,27-4-2)16(22)10-6-5-7-11-20-17(23)14(19)13-21(18(20)24)15-9-8-12-25-15/h13,15-16,22H,3-12H2,1-2H3/t15-,16-/m0/s1. The van der Waals surface area contributed by atoms with Crippen LogP contribution in [0.5, 0.6) is 0 Å². The third kappa shape index (κ3) is 6.29. The minimum absolute atomic E-state index is 0.101. The fraction of sp³-hybridized carbons (Fsp3) is 0.778. The Labute approximate surface area is 174 Å². The number of aliphatic hydroxyl groups excluding tert-OH is 1. The van der Waals surface area contributed by atoms with E-state index in [4.69, 9.17) is 25.6 Å². The number of aliphatic hydroxyl groups is 1. The normalized spacial score (nSPS) is 18.3. The maximum Gasteiger partial charge on any atom is 0.333 e. The predicted molar refractivity (Wildman–Crippen MR) is 111 cm³/mol. The Morgan fingerprint density at radius 3 is 2.59 bits per heavy atom. The van der Waals surface area contributed by atoms with Crippen LogP contribution in [-0.2, 0) is 32.1 Å². The summed E-state index contributed by atoms with van der Waals surface area (Å²) >= 11 is 5.37. The van der Waals surface area contributed by atoms with E-state index in [9.17, 15) is 19.1 Å². The molecule has 11 heteroatoms. The topological polar surface area (TPSA) is 91.9 Å². The molecule has 1 N–H and O–H groups in total. The number of aromatic nitrogens is 2. The van der Waals surface area contributed by atoms with Crippen LogP contribution < -0.4 is 11.2 Å². The number of unbranched alkanes of at least 4 members (excludes halogenated alkanes) is 2. The molecule has 1 aromatic rings. The Morgan fingerprint density at radius 1 is 1.31 bits per heavy atom. The number of rotatable bonds is 12. The van der Waals surface area contributed by atoms with Gasteiger partial charge in [-0.05, 0) is 51.3 Å². The molecule has 1 aromatic heterocycles. The lowest BCUT2D eigenvalue weighted by molar-refractivity contribution is 0.0502. The van der Waals surface area contributed by atoms with E-state index in [0.717, 1.165) is 21.8 Å². The molecule has 2 rings (SSSR count). The smallest absolute Gasteiger partial charge is 0.333 e. The molecule has 0 unspecified atom stereocenters. The molecule has 0 bridgehead atoms. The maximum atomic E-state index is 14.0. The molecule has 8 nitrogen and oxygen atoms in total. The molecule has 29 heavy (non-hydrogen) atoms. The summed E-state index contributed by atoms with van der Waals surface area (Å²) in [6.07, 6.45) is 3.94. The van der Waals surface area contributed by atoms with Gasteiger partial charge in [0.1, 0.15) is 12.1 Å². The molecule has 0 aromatic carbocycles. The molecule has 0 amide bonds. The van der Waals surface area contributed by atoms with Gasteiger partial charge in [0.05, 0.1) is 19.4 Å². The van der Waals surface area contributed by atoms with Gasteiger partial charge in [0, 0.05) is 13.2 Å². The minimum Gasteiger partial charge on any atom is -0.383 e. The summed E-state index contributed by atoms with van der Waals surface area (Å²) in [5, 5.41) is 10.4. The van der Waals surface area contributed by atoms with Gasteiger partial charge >= 0.3 is 5.69 Å². The molecule has 0 radical (unpaired) electrons. The highest BCUT2D eigenvalue weighted by molar-refractivity contribution is 8.10. The lowest BCUT2D eigenvalue weighted by Gasteiger charge is -2.26. The second-order valence-corrected chi connectivity index (χ2v) is 10.5. The summed E-state index contributed by atoms with van der Waals surface area (Å²) in [7, 11) is 0. The molecule has 1 aliphatic rings. The molecule has 1 saturated heterocycles. The summed E-state index contributed by atoms with van der Waals surface area (Å²) < 4.78 is 32.5. The van der Waals surface area contributed by atoms with E-state index in [2.05, 4.69) is 0 Å². The molecule has 0 saturated carbocycles. The van der Waals surface area contributed by atoms with Gasteiger partial charge in [0.25, 0.3) is 5.56 Å². The summed E-state index contributed by atoms with van der Waals surface area (Å²) in [6, 6.07) is 0. The van der Waals surface area contributed by atoms with E-state index < -0.39 is 35.6 Å². The number of ether oxygens (including phenoxy) is 1. The first kappa shape index (κ1) is 24.4. The summed E-state index contributed by atoms with van der Waals surface area (Å²) in [4.78, 5) is 24.6. The van der Waals surface area contributed by atoms with Crippen molar-refractivity contribution in [3.8, 4) is 0 Å². The molecule has 2 atom stereocenters. The lowest BCUT2D eigenvalue weighted by atomic mass is 10.2. The Bertz CT molecular complexity index is 814. The Morgan fingerprint density at radius 2 is 2.00 bits per heavy atom. The summed E-state index contributed by atoms with van der Waals surface area (Å²) in [6.45, 7) is 2.20. The monoisotopic (exact) mass is 452 g/mol. The largest absolute Gasteiger partial charge is 0.383 e. The van der Waals surface area contributed by atoms with Crippen molar-refractivity contribution in [3.05, 3.63) is 32.9 Å². The SMILES string of the molecule is CCOP(=S)(OCC)[C@H](O)CCCCCn1c(=O)c(F)cn([C@@H]2CCCO2)c1=O. The van der Waals surface area contributed by atoms with Crippen molar-refractivity contribution in [2.45, 2.75) is 71.0 Å². The Hall–Kier alpha value is -0.900. The first-order valence-electron chi connectivity index (χ1n) is 10.0. The third-order valence-corrected chi connectivity index (χ3v) is 8.28. The zero-order valence-corrected chi connectivity index (χ0v) is 18.6. The zero-order valence-electron chi connectivity index (χ0n) is 16.9. The van der Waals surface area contributed by atoms with Gasteiger partial charge in [0.2, 0.25) is 12.3 Å². The van der Waals surface area contributed by atoms with E-state index in [1.165, 1.54) is 0 Å². The number of halogens is 1. The molecule has 1 aliphatic heterocycles. The van der Waals surface area contributed by atoms with Crippen LogP contribution >= 0.6 is 6.49 Å². The molecular weight excluding hydrogens is 422 g/mol. The van der Waals surface area contributed by atoms with Crippen LogP contribution in [0.15, 0.2) is 15.8 Å². The van der Waals surface area contributed by atoms with E-state index in [-0.39, 0.29) is 6.54 Å². The minimum atomic E-state index is -2.74. The van der Waals surface area contributed by atoms with Gasteiger partial charge in [-0.1, -0.05) is 12.8 Å². The van der Waals surface area contributed by atoms with Gasteiger partial charge < -0.3 is 18.9 Å².